The molecule has 0 saturated carbocycles. The van der Waals surface area contributed by atoms with Gasteiger partial charge >= 0.3 is 0 Å². The number of hydrogen-bond acceptors (Lipinski definition) is 6. The molecule has 3 aromatic rings. The van der Waals surface area contributed by atoms with Gasteiger partial charge in [0.05, 0.1) is 34.9 Å². The van der Waals surface area contributed by atoms with E-state index in [9.17, 15) is 9.65 Å². The molecule has 0 aliphatic carbocycles. The number of nitrogens with two attached hydrogens (primary N) is 1. The number of rotatable bonds is 4. The number of thioether (sulfide) groups is 1. The van der Waals surface area contributed by atoms with Crippen LogP contribution in [0.25, 0.3) is 11.8 Å². The summed E-state index contributed by atoms with van der Waals surface area (Å²) < 4.78 is 17.5. The highest BCUT2D eigenvalue weighted by molar-refractivity contribution is 7.99. The number of nitrogens with one attached hydrogen (secondary N) is 1. The number of benzene rings is 1. The molecule has 4 heterocycles. The van der Waals surface area contributed by atoms with Crippen molar-refractivity contribution in [3.05, 3.63) is 58.9 Å². The monoisotopic (exact) mass is 463 g/mol. The molecule has 1 saturated heterocycles. The fourth-order valence-corrected chi connectivity index (χ4v) is 6.10. The molecular formula is C24H26FN7S. The molecule has 5 rings (SSSR count). The van der Waals surface area contributed by atoms with E-state index in [-0.39, 0.29) is 16.6 Å². The summed E-state index contributed by atoms with van der Waals surface area (Å²) in [6, 6.07) is 6.99. The predicted molar refractivity (Wildman–Crippen MR) is 128 cm³/mol. The second-order valence-electron chi connectivity index (χ2n) is 9.36. The fourth-order valence-electron chi connectivity index (χ4n) is 4.84. The van der Waals surface area contributed by atoms with Gasteiger partial charge in [0.1, 0.15) is 11.9 Å². The third-order valence-corrected chi connectivity index (χ3v) is 7.78. The van der Waals surface area contributed by atoms with Crippen LogP contribution in [0.1, 0.15) is 60.5 Å². The van der Waals surface area contributed by atoms with Crippen LogP contribution in [-0.2, 0) is 0 Å². The van der Waals surface area contributed by atoms with Gasteiger partial charge in [-0.1, -0.05) is 0 Å². The van der Waals surface area contributed by atoms with Crippen molar-refractivity contribution in [3.63, 3.8) is 0 Å². The second-order valence-corrected chi connectivity index (χ2v) is 10.6. The first kappa shape index (κ1) is 21.7. The minimum atomic E-state index is -0.364. The predicted octanol–water partition coefficient (Wildman–Crippen LogP) is 4.53. The van der Waals surface area contributed by atoms with Gasteiger partial charge in [-0.25, -0.2) is 9.07 Å². The lowest BCUT2D eigenvalue weighted by molar-refractivity contribution is 0.419. The van der Waals surface area contributed by atoms with Gasteiger partial charge in [0, 0.05) is 40.1 Å². The first-order valence-corrected chi connectivity index (χ1v) is 11.8. The van der Waals surface area contributed by atoms with Crippen molar-refractivity contribution in [1.29, 1.82) is 5.26 Å². The summed E-state index contributed by atoms with van der Waals surface area (Å²) in [7, 11) is 0. The third-order valence-electron chi connectivity index (χ3n) is 6.48. The molecule has 7 nitrogen and oxygen atoms in total. The minimum Gasteiger partial charge on any atom is -0.398 e. The van der Waals surface area contributed by atoms with E-state index in [2.05, 4.69) is 41.9 Å². The Hall–Kier alpha value is -3.09. The number of anilines is 1. The van der Waals surface area contributed by atoms with Gasteiger partial charge in [-0.15, -0.1) is 11.8 Å². The molecule has 2 aromatic heterocycles. The highest BCUT2D eigenvalue weighted by atomic mass is 32.2. The zero-order chi connectivity index (χ0) is 23.3. The van der Waals surface area contributed by atoms with Gasteiger partial charge in [-0.3, -0.25) is 4.68 Å². The first-order chi connectivity index (χ1) is 15.8. The highest BCUT2D eigenvalue weighted by Crippen LogP contribution is 2.47. The van der Waals surface area contributed by atoms with Crippen molar-refractivity contribution in [2.45, 2.75) is 55.3 Å². The van der Waals surface area contributed by atoms with Crippen molar-refractivity contribution >= 4 is 29.2 Å². The van der Waals surface area contributed by atoms with E-state index in [1.54, 1.807) is 16.9 Å². The Balaban J connectivity index is 1.50. The highest BCUT2D eigenvalue weighted by Gasteiger charge is 2.34. The molecule has 1 aromatic carbocycles. The minimum absolute atomic E-state index is 0.0928. The average molecular weight is 464 g/mol. The van der Waals surface area contributed by atoms with E-state index >= 15 is 0 Å². The summed E-state index contributed by atoms with van der Waals surface area (Å²) in [5.74, 6) is -0.364. The van der Waals surface area contributed by atoms with Gasteiger partial charge in [0.25, 0.3) is 0 Å². The normalized spacial score (nSPS) is 21.5. The van der Waals surface area contributed by atoms with E-state index in [0.717, 1.165) is 40.4 Å². The molecule has 2 aliphatic heterocycles. The number of nitrogen functional groups attached to an aromatic ring is 1. The zero-order valence-corrected chi connectivity index (χ0v) is 19.7. The maximum Gasteiger partial charge on any atom is 0.125 e. The maximum absolute atomic E-state index is 13.6. The number of aromatic nitrogens is 4. The molecule has 1 unspecified atom stereocenters. The van der Waals surface area contributed by atoms with Crippen molar-refractivity contribution in [2.75, 3.05) is 12.3 Å². The number of allylic oxidation sites excluding steroid dienone is 1. The summed E-state index contributed by atoms with van der Waals surface area (Å²) in [6.07, 6.45) is 7.22. The Bertz CT molecular complexity index is 1300. The number of hydrogen-bond donors (Lipinski definition) is 2. The molecule has 9 heteroatoms. The van der Waals surface area contributed by atoms with Crippen LogP contribution in [0.5, 0.6) is 0 Å². The van der Waals surface area contributed by atoms with Crippen LogP contribution in [0.3, 0.4) is 0 Å². The van der Waals surface area contributed by atoms with Crippen LogP contribution in [0.4, 0.5) is 10.1 Å². The maximum atomic E-state index is 13.6. The topological polar surface area (TPSA) is 97.5 Å². The van der Waals surface area contributed by atoms with Crippen molar-refractivity contribution in [3.8, 4) is 6.07 Å². The summed E-state index contributed by atoms with van der Waals surface area (Å²) in [4.78, 5) is 0.783. The quantitative estimate of drug-likeness (QED) is 0.552. The van der Waals surface area contributed by atoms with Gasteiger partial charge < -0.3 is 11.1 Å². The van der Waals surface area contributed by atoms with Crippen molar-refractivity contribution in [1.82, 2.24) is 24.9 Å². The van der Waals surface area contributed by atoms with Gasteiger partial charge in [-0.2, -0.15) is 15.5 Å². The van der Waals surface area contributed by atoms with E-state index in [1.807, 2.05) is 12.4 Å². The molecule has 0 bridgehead atoms. The van der Waals surface area contributed by atoms with Crippen molar-refractivity contribution < 1.29 is 4.39 Å². The molecule has 0 spiro atoms. The molecule has 2 aliphatic rings. The van der Waals surface area contributed by atoms with E-state index in [1.165, 1.54) is 23.9 Å². The Morgan fingerprint density at radius 1 is 1.30 bits per heavy atom. The lowest BCUT2D eigenvalue weighted by Gasteiger charge is -2.25. The van der Waals surface area contributed by atoms with E-state index < -0.39 is 0 Å². The van der Waals surface area contributed by atoms with Crippen LogP contribution in [-0.4, -0.2) is 31.6 Å². The first-order valence-electron chi connectivity index (χ1n) is 10.9. The molecule has 1 fully saturated rings. The number of halogens is 1. The lowest BCUT2D eigenvalue weighted by Crippen LogP contribution is -2.31. The number of nitrogens with zero attached hydrogens (tertiary/aromatic N) is 5. The number of fused-ring (bicyclic) bond motifs is 1. The lowest BCUT2D eigenvalue weighted by atomic mass is 9.97. The Labute approximate surface area is 196 Å². The van der Waals surface area contributed by atoms with Crippen LogP contribution in [0, 0.1) is 24.1 Å². The summed E-state index contributed by atoms with van der Waals surface area (Å²) >= 11 is 1.53. The van der Waals surface area contributed by atoms with Crippen LogP contribution in [0.15, 0.2) is 35.5 Å². The molecule has 0 radical (unpaired) electrons. The van der Waals surface area contributed by atoms with Crippen LogP contribution >= 0.6 is 11.8 Å². The average Bonchev–Trinajstić information content (AvgIpc) is 3.46. The summed E-state index contributed by atoms with van der Waals surface area (Å²) in [6.45, 7) is 7.43. The standard InChI is InChI=1S/C24H26FN7S/c1-14-19(12-30-32(14)18-8-24(2,3)28-11-18)15-6-22(23-16(9-26)10-29-31(23)13-15)33-21-5-4-17(25)7-20(21)27/h4-5,7,10,12-13,18,22,28H,6,8,11,27H2,1-3H3/t18-,22?/m0/s1. The van der Waals surface area contributed by atoms with Gasteiger partial charge in [0.15, 0.2) is 0 Å². The zero-order valence-electron chi connectivity index (χ0n) is 18.8. The largest absolute Gasteiger partial charge is 0.398 e. The fraction of sp³-hybridized carbons (Fsp3) is 0.375. The van der Waals surface area contributed by atoms with Gasteiger partial charge in [0.2, 0.25) is 0 Å². The molecule has 3 N–H and O–H groups in total. The number of nitriles is 1. The molecular weight excluding hydrogens is 437 g/mol. The van der Waals surface area contributed by atoms with E-state index in [0.29, 0.717) is 23.7 Å². The Kier molecular flexibility index (Phi) is 5.30. The third kappa shape index (κ3) is 3.94. The molecule has 2 atom stereocenters. The molecule has 170 valence electrons. The SMILES string of the molecule is Cc1c(C2=Cn3ncc(C#N)c3C(Sc3ccc(F)cc3N)C2)cnn1[C@@H]1CNC(C)(C)C1. The molecule has 33 heavy (non-hydrogen) atoms. The molecule has 0 amide bonds. The second kappa shape index (κ2) is 8.04. The summed E-state index contributed by atoms with van der Waals surface area (Å²) in [5, 5.41) is 22.3. The van der Waals surface area contributed by atoms with Crippen LogP contribution < -0.4 is 11.1 Å². The smallest absolute Gasteiger partial charge is 0.125 e. The van der Waals surface area contributed by atoms with Crippen LogP contribution in [0.2, 0.25) is 0 Å². The van der Waals surface area contributed by atoms with Gasteiger partial charge in [-0.05, 0) is 57.4 Å². The van der Waals surface area contributed by atoms with E-state index in [4.69, 9.17) is 10.8 Å². The van der Waals surface area contributed by atoms with Crippen molar-refractivity contribution in [2.24, 2.45) is 0 Å². The summed E-state index contributed by atoms with van der Waals surface area (Å²) in [5.41, 5.74) is 11.2. The Morgan fingerprint density at radius 2 is 2.12 bits per heavy atom. The Morgan fingerprint density at radius 3 is 2.82 bits per heavy atom.